The largest absolute Gasteiger partial charge is 0.311 e. The molecular formula is C21H15N7O2. The highest BCUT2D eigenvalue weighted by Gasteiger charge is 2.17. The highest BCUT2D eigenvalue weighted by atomic mass is 16.2. The van der Waals surface area contributed by atoms with E-state index in [2.05, 4.69) is 25.7 Å². The van der Waals surface area contributed by atoms with Crippen molar-refractivity contribution in [3.05, 3.63) is 72.1 Å². The topological polar surface area (TPSA) is 126 Å². The Morgan fingerprint density at radius 2 is 1.93 bits per heavy atom. The fourth-order valence-corrected chi connectivity index (χ4v) is 2.90. The van der Waals surface area contributed by atoms with Crippen LogP contribution in [0.3, 0.4) is 0 Å². The van der Waals surface area contributed by atoms with Gasteiger partial charge in [-0.15, -0.1) is 0 Å². The molecule has 0 atom stereocenters. The van der Waals surface area contributed by atoms with Gasteiger partial charge in [0.2, 0.25) is 5.91 Å². The molecule has 0 saturated carbocycles. The SMILES string of the molecule is CC(=O)Nc1cc(C(=O)Nc2c(C#N)cnn2-c2ccc3ccccc3n2)ccn1. The Kier molecular flexibility index (Phi) is 4.88. The van der Waals surface area contributed by atoms with E-state index in [0.717, 1.165) is 10.9 Å². The molecule has 146 valence electrons. The number of nitrogens with one attached hydrogen (secondary N) is 2. The lowest BCUT2D eigenvalue weighted by Crippen LogP contribution is -2.17. The van der Waals surface area contributed by atoms with Crippen molar-refractivity contribution in [2.24, 2.45) is 0 Å². The highest BCUT2D eigenvalue weighted by molar-refractivity contribution is 6.05. The summed E-state index contributed by atoms with van der Waals surface area (Å²) in [5.41, 5.74) is 1.21. The number of rotatable bonds is 4. The molecule has 0 fully saturated rings. The summed E-state index contributed by atoms with van der Waals surface area (Å²) >= 11 is 0. The summed E-state index contributed by atoms with van der Waals surface area (Å²) in [6.45, 7) is 1.35. The number of carbonyl (C=O) groups is 2. The number of nitrogens with zero attached hydrogens (tertiary/aromatic N) is 5. The van der Waals surface area contributed by atoms with Crippen LogP contribution in [0.4, 0.5) is 11.6 Å². The fourth-order valence-electron chi connectivity index (χ4n) is 2.90. The zero-order chi connectivity index (χ0) is 21.1. The summed E-state index contributed by atoms with van der Waals surface area (Å²) in [4.78, 5) is 32.6. The molecule has 0 saturated heterocycles. The van der Waals surface area contributed by atoms with Gasteiger partial charge in [-0.25, -0.2) is 9.97 Å². The summed E-state index contributed by atoms with van der Waals surface area (Å²) in [7, 11) is 0. The van der Waals surface area contributed by atoms with Crippen molar-refractivity contribution in [2.45, 2.75) is 6.92 Å². The van der Waals surface area contributed by atoms with Crippen LogP contribution < -0.4 is 10.6 Å². The van der Waals surface area contributed by atoms with E-state index >= 15 is 0 Å². The molecule has 0 aliphatic heterocycles. The maximum Gasteiger partial charge on any atom is 0.257 e. The average Bonchev–Trinajstić information content (AvgIpc) is 3.15. The van der Waals surface area contributed by atoms with Gasteiger partial charge in [0.15, 0.2) is 11.6 Å². The molecule has 1 aromatic carbocycles. The molecule has 2 amide bonds. The highest BCUT2D eigenvalue weighted by Crippen LogP contribution is 2.22. The lowest BCUT2D eigenvalue weighted by Gasteiger charge is -2.10. The number of hydrogen-bond acceptors (Lipinski definition) is 6. The van der Waals surface area contributed by atoms with E-state index in [1.54, 1.807) is 6.07 Å². The number of pyridine rings is 2. The Labute approximate surface area is 171 Å². The van der Waals surface area contributed by atoms with Gasteiger partial charge in [0.25, 0.3) is 5.91 Å². The van der Waals surface area contributed by atoms with Gasteiger partial charge < -0.3 is 10.6 Å². The molecule has 3 heterocycles. The zero-order valence-corrected chi connectivity index (χ0v) is 15.8. The molecule has 0 unspecified atom stereocenters. The Morgan fingerprint density at radius 3 is 2.73 bits per heavy atom. The zero-order valence-electron chi connectivity index (χ0n) is 15.8. The molecule has 3 aromatic heterocycles. The molecule has 2 N–H and O–H groups in total. The quantitative estimate of drug-likeness (QED) is 0.545. The van der Waals surface area contributed by atoms with Gasteiger partial charge in [-0.2, -0.15) is 15.0 Å². The predicted octanol–water partition coefficient (Wildman–Crippen LogP) is 2.90. The van der Waals surface area contributed by atoms with Gasteiger partial charge in [-0.1, -0.05) is 18.2 Å². The summed E-state index contributed by atoms with van der Waals surface area (Å²) in [6.07, 6.45) is 2.77. The van der Waals surface area contributed by atoms with Crippen molar-refractivity contribution in [2.75, 3.05) is 10.6 Å². The number of nitriles is 1. The molecule has 4 rings (SSSR count). The molecule has 9 heteroatoms. The predicted molar refractivity (Wildman–Crippen MR) is 110 cm³/mol. The molecule has 0 radical (unpaired) electrons. The van der Waals surface area contributed by atoms with Crippen LogP contribution >= 0.6 is 0 Å². The second-order valence-corrected chi connectivity index (χ2v) is 6.36. The van der Waals surface area contributed by atoms with Crippen molar-refractivity contribution in [3.63, 3.8) is 0 Å². The van der Waals surface area contributed by atoms with Gasteiger partial charge in [0.1, 0.15) is 17.5 Å². The third-order valence-electron chi connectivity index (χ3n) is 4.25. The first-order chi connectivity index (χ1) is 14.5. The molecule has 30 heavy (non-hydrogen) atoms. The molecule has 9 nitrogen and oxygen atoms in total. The Hall–Kier alpha value is -4.58. The van der Waals surface area contributed by atoms with Gasteiger partial charge in [0, 0.05) is 24.1 Å². The number of amides is 2. The van der Waals surface area contributed by atoms with Gasteiger partial charge in [0.05, 0.1) is 11.7 Å². The first-order valence-electron chi connectivity index (χ1n) is 8.94. The molecule has 0 aliphatic rings. The van der Waals surface area contributed by atoms with E-state index in [1.165, 1.54) is 36.1 Å². The van der Waals surface area contributed by atoms with Crippen LogP contribution in [0.15, 0.2) is 60.9 Å². The number of anilines is 2. The number of hydrogen-bond donors (Lipinski definition) is 2. The summed E-state index contributed by atoms with van der Waals surface area (Å²) < 4.78 is 1.40. The van der Waals surface area contributed by atoms with Crippen molar-refractivity contribution in [1.82, 2.24) is 19.7 Å². The third kappa shape index (κ3) is 3.70. The Morgan fingerprint density at radius 1 is 1.10 bits per heavy atom. The number of para-hydroxylation sites is 1. The molecule has 0 aliphatic carbocycles. The number of aromatic nitrogens is 4. The van der Waals surface area contributed by atoms with Crippen molar-refractivity contribution in [1.29, 1.82) is 5.26 Å². The second kappa shape index (κ2) is 7.81. The smallest absolute Gasteiger partial charge is 0.257 e. The van der Waals surface area contributed by atoms with Gasteiger partial charge in [-0.3, -0.25) is 9.59 Å². The van der Waals surface area contributed by atoms with E-state index in [-0.39, 0.29) is 28.7 Å². The Bertz CT molecular complexity index is 1320. The first-order valence-corrected chi connectivity index (χ1v) is 8.94. The number of carbonyl (C=O) groups excluding carboxylic acids is 2. The fraction of sp³-hybridized carbons (Fsp3) is 0.0476. The van der Waals surface area contributed by atoms with E-state index in [4.69, 9.17) is 0 Å². The monoisotopic (exact) mass is 397 g/mol. The maximum atomic E-state index is 12.8. The standard InChI is InChI=1S/C21H15N7O2/c1-13(29)25-18-10-15(8-9-23-18)21(30)27-20-16(11-22)12-24-28(20)19-7-6-14-4-2-3-5-17(14)26-19/h2-10,12H,1H3,(H,27,30)(H,23,25,29). The molecular weight excluding hydrogens is 382 g/mol. The van der Waals surface area contributed by atoms with Crippen LogP contribution in [0.1, 0.15) is 22.8 Å². The normalized spacial score (nSPS) is 10.4. The van der Waals surface area contributed by atoms with Gasteiger partial charge in [-0.05, 0) is 30.3 Å². The number of fused-ring (bicyclic) bond motifs is 1. The minimum atomic E-state index is -0.483. The summed E-state index contributed by atoms with van der Waals surface area (Å²) in [5.74, 6) is 0.123. The van der Waals surface area contributed by atoms with Gasteiger partial charge >= 0.3 is 0 Å². The summed E-state index contributed by atoms with van der Waals surface area (Å²) in [6, 6.07) is 16.2. The summed E-state index contributed by atoms with van der Waals surface area (Å²) in [5, 5.41) is 19.9. The van der Waals surface area contributed by atoms with Crippen LogP contribution in [0.25, 0.3) is 16.7 Å². The number of benzene rings is 1. The maximum absolute atomic E-state index is 12.8. The van der Waals surface area contributed by atoms with E-state index in [1.807, 2.05) is 36.4 Å². The first kappa shape index (κ1) is 18.8. The van der Waals surface area contributed by atoms with Crippen LogP contribution in [-0.4, -0.2) is 31.6 Å². The van der Waals surface area contributed by atoms with Crippen LogP contribution in [0, 0.1) is 11.3 Å². The molecule has 0 bridgehead atoms. The van der Waals surface area contributed by atoms with Crippen molar-refractivity contribution < 1.29 is 9.59 Å². The van der Waals surface area contributed by atoms with Crippen LogP contribution in [0.2, 0.25) is 0 Å². The lowest BCUT2D eigenvalue weighted by molar-refractivity contribution is -0.114. The van der Waals surface area contributed by atoms with E-state index in [9.17, 15) is 14.9 Å². The van der Waals surface area contributed by atoms with Crippen molar-refractivity contribution >= 4 is 34.4 Å². The van der Waals surface area contributed by atoms with Crippen LogP contribution in [0.5, 0.6) is 0 Å². The second-order valence-electron chi connectivity index (χ2n) is 6.36. The average molecular weight is 397 g/mol. The van der Waals surface area contributed by atoms with E-state index in [0.29, 0.717) is 5.82 Å². The lowest BCUT2D eigenvalue weighted by atomic mass is 10.2. The van der Waals surface area contributed by atoms with Crippen LogP contribution in [-0.2, 0) is 4.79 Å². The third-order valence-corrected chi connectivity index (χ3v) is 4.25. The minimum absolute atomic E-state index is 0.189. The molecule has 4 aromatic rings. The Balaban J connectivity index is 1.69. The molecule has 0 spiro atoms. The van der Waals surface area contributed by atoms with E-state index < -0.39 is 5.91 Å². The minimum Gasteiger partial charge on any atom is -0.311 e. The van der Waals surface area contributed by atoms with Crippen molar-refractivity contribution in [3.8, 4) is 11.9 Å².